The molecule has 1 aliphatic carbocycles. The van der Waals surface area contributed by atoms with Gasteiger partial charge < -0.3 is 4.90 Å². The number of hydrogen-bond acceptors (Lipinski definition) is 1. The summed E-state index contributed by atoms with van der Waals surface area (Å²) in [4.78, 5) is 2.19. The van der Waals surface area contributed by atoms with E-state index in [1.165, 1.54) is 6.42 Å². The molecule has 0 spiro atoms. The predicted octanol–water partition coefficient (Wildman–Crippen LogP) is 4.87. The summed E-state index contributed by atoms with van der Waals surface area (Å²) in [6, 6.07) is 15.8. The maximum atomic E-state index is 14.8. The molecular formula is C20H24FN. The summed E-state index contributed by atoms with van der Waals surface area (Å²) in [5.74, 6) is -0.0418. The number of rotatable bonds is 5. The fraction of sp³-hybridized carbons (Fsp3) is 0.400. The first-order chi connectivity index (χ1) is 10.6. The lowest BCUT2D eigenvalue weighted by Gasteiger charge is -2.43. The highest BCUT2D eigenvalue weighted by atomic mass is 19.1. The van der Waals surface area contributed by atoms with Crippen LogP contribution in [0.3, 0.4) is 0 Å². The smallest absolute Gasteiger partial charge is 0.127 e. The van der Waals surface area contributed by atoms with Crippen LogP contribution in [0.4, 0.5) is 4.39 Å². The number of halogens is 1. The Kier molecular flexibility index (Phi) is 4.30. The third-order valence-electron chi connectivity index (χ3n) is 5.00. The second-order valence-electron chi connectivity index (χ2n) is 6.75. The van der Waals surface area contributed by atoms with Crippen molar-refractivity contribution in [1.29, 1.82) is 0 Å². The van der Waals surface area contributed by atoms with Gasteiger partial charge >= 0.3 is 0 Å². The summed E-state index contributed by atoms with van der Waals surface area (Å²) >= 11 is 0. The highest BCUT2D eigenvalue weighted by Gasteiger charge is 2.40. The maximum absolute atomic E-state index is 14.8. The van der Waals surface area contributed by atoms with E-state index in [0.29, 0.717) is 0 Å². The average Bonchev–Trinajstić information content (AvgIpc) is 2.48. The Morgan fingerprint density at radius 3 is 2.27 bits per heavy atom. The van der Waals surface area contributed by atoms with E-state index in [1.807, 2.05) is 36.4 Å². The first-order valence-electron chi connectivity index (χ1n) is 8.11. The molecule has 3 rings (SSSR count). The Labute approximate surface area is 132 Å². The fourth-order valence-corrected chi connectivity index (χ4v) is 3.45. The molecular weight excluding hydrogens is 273 g/mol. The summed E-state index contributed by atoms with van der Waals surface area (Å²) in [5.41, 5.74) is 3.01. The molecule has 0 N–H and O–H groups in total. The number of benzene rings is 2. The lowest BCUT2D eigenvalue weighted by molar-refractivity contribution is 0.195. The first kappa shape index (κ1) is 15.2. The van der Waals surface area contributed by atoms with Crippen LogP contribution < -0.4 is 0 Å². The van der Waals surface area contributed by atoms with Crippen LogP contribution in [-0.2, 0) is 5.41 Å². The van der Waals surface area contributed by atoms with Crippen LogP contribution in [0.15, 0.2) is 48.5 Å². The Morgan fingerprint density at radius 2 is 1.73 bits per heavy atom. The fourth-order valence-electron chi connectivity index (χ4n) is 3.45. The quantitative estimate of drug-likeness (QED) is 0.761. The van der Waals surface area contributed by atoms with Gasteiger partial charge in [0, 0.05) is 0 Å². The van der Waals surface area contributed by atoms with Crippen LogP contribution in [0.1, 0.15) is 31.2 Å². The predicted molar refractivity (Wildman–Crippen MR) is 90.5 cm³/mol. The van der Waals surface area contributed by atoms with Crippen molar-refractivity contribution in [1.82, 2.24) is 4.90 Å². The molecule has 0 atom stereocenters. The minimum atomic E-state index is -0.0418. The largest absolute Gasteiger partial charge is 0.309 e. The Bertz CT molecular complexity index is 629. The summed E-state index contributed by atoms with van der Waals surface area (Å²) in [5, 5.41) is 0. The van der Waals surface area contributed by atoms with Crippen LogP contribution >= 0.6 is 0 Å². The first-order valence-corrected chi connectivity index (χ1v) is 8.11. The zero-order chi connectivity index (χ0) is 15.6. The molecule has 0 radical (unpaired) electrons. The van der Waals surface area contributed by atoms with Crippen LogP contribution in [0, 0.1) is 5.82 Å². The van der Waals surface area contributed by atoms with Gasteiger partial charge in [-0.2, -0.15) is 0 Å². The van der Waals surface area contributed by atoms with Gasteiger partial charge in [0.2, 0.25) is 0 Å². The Morgan fingerprint density at radius 1 is 1.00 bits per heavy atom. The number of nitrogens with zero attached hydrogens (tertiary/aromatic N) is 1. The van der Waals surface area contributed by atoms with Gasteiger partial charge in [0.25, 0.3) is 0 Å². The van der Waals surface area contributed by atoms with E-state index in [4.69, 9.17) is 0 Å². The zero-order valence-electron chi connectivity index (χ0n) is 13.5. The van der Waals surface area contributed by atoms with Crippen molar-refractivity contribution in [2.75, 3.05) is 20.6 Å². The van der Waals surface area contributed by atoms with Crippen molar-refractivity contribution in [3.05, 3.63) is 59.9 Å². The summed E-state index contributed by atoms with van der Waals surface area (Å²) in [7, 11) is 4.17. The van der Waals surface area contributed by atoms with Crippen LogP contribution in [0.25, 0.3) is 11.1 Å². The van der Waals surface area contributed by atoms with E-state index in [-0.39, 0.29) is 11.2 Å². The highest BCUT2D eigenvalue weighted by molar-refractivity contribution is 5.64. The molecule has 0 amide bonds. The molecule has 2 heteroatoms. The van der Waals surface area contributed by atoms with Gasteiger partial charge in [0.05, 0.1) is 0 Å². The van der Waals surface area contributed by atoms with Crippen LogP contribution in [0.5, 0.6) is 0 Å². The molecule has 1 saturated carbocycles. The van der Waals surface area contributed by atoms with E-state index >= 15 is 0 Å². The molecule has 1 aliphatic rings. The van der Waals surface area contributed by atoms with Crippen molar-refractivity contribution in [2.24, 2.45) is 0 Å². The van der Waals surface area contributed by atoms with Crippen LogP contribution in [0.2, 0.25) is 0 Å². The molecule has 22 heavy (non-hydrogen) atoms. The summed E-state index contributed by atoms with van der Waals surface area (Å²) in [6.45, 7) is 1.01. The molecule has 0 unspecified atom stereocenters. The normalized spacial score (nSPS) is 16.5. The Balaban J connectivity index is 1.88. The minimum absolute atomic E-state index is 0.0418. The molecule has 0 saturated heterocycles. The van der Waals surface area contributed by atoms with Gasteiger partial charge in [-0.3, -0.25) is 0 Å². The molecule has 2 aromatic rings. The minimum Gasteiger partial charge on any atom is -0.309 e. The van der Waals surface area contributed by atoms with Crippen molar-refractivity contribution >= 4 is 0 Å². The van der Waals surface area contributed by atoms with Crippen molar-refractivity contribution in [2.45, 2.75) is 31.1 Å². The van der Waals surface area contributed by atoms with E-state index in [9.17, 15) is 4.39 Å². The van der Waals surface area contributed by atoms with Crippen molar-refractivity contribution < 1.29 is 4.39 Å². The topological polar surface area (TPSA) is 3.24 Å². The van der Waals surface area contributed by atoms with Gasteiger partial charge in [-0.25, -0.2) is 4.39 Å². The van der Waals surface area contributed by atoms with Gasteiger partial charge in [0.1, 0.15) is 5.82 Å². The van der Waals surface area contributed by atoms with E-state index < -0.39 is 0 Å². The maximum Gasteiger partial charge on any atom is 0.127 e. The van der Waals surface area contributed by atoms with E-state index in [1.54, 1.807) is 6.07 Å². The lowest BCUT2D eigenvalue weighted by Crippen LogP contribution is -2.38. The standard InChI is InChI=1S/C20H24FN/c1-22(2)14-13-20(11-6-12-20)18-10-9-17(15-19(18)21)16-7-4-3-5-8-16/h3-5,7-10,15H,6,11-14H2,1-2H3. The Hall–Kier alpha value is -1.67. The van der Waals surface area contributed by atoms with Gasteiger partial charge in [-0.1, -0.05) is 48.9 Å². The molecule has 2 aromatic carbocycles. The molecule has 0 heterocycles. The summed E-state index contributed by atoms with van der Waals surface area (Å²) in [6.07, 6.45) is 4.49. The lowest BCUT2D eigenvalue weighted by atomic mass is 9.62. The summed E-state index contributed by atoms with van der Waals surface area (Å²) < 4.78 is 14.8. The van der Waals surface area contributed by atoms with Crippen molar-refractivity contribution in [3.8, 4) is 11.1 Å². The third kappa shape index (κ3) is 2.93. The second kappa shape index (κ2) is 6.21. The van der Waals surface area contributed by atoms with Gasteiger partial charge in [-0.05, 0) is 68.1 Å². The monoisotopic (exact) mass is 297 g/mol. The second-order valence-corrected chi connectivity index (χ2v) is 6.75. The van der Waals surface area contributed by atoms with Gasteiger partial charge in [0.15, 0.2) is 0 Å². The van der Waals surface area contributed by atoms with Gasteiger partial charge in [-0.15, -0.1) is 0 Å². The molecule has 0 aromatic heterocycles. The van der Waals surface area contributed by atoms with Crippen LogP contribution in [-0.4, -0.2) is 25.5 Å². The van der Waals surface area contributed by atoms with E-state index in [2.05, 4.69) is 25.1 Å². The molecule has 1 nitrogen and oxygen atoms in total. The average molecular weight is 297 g/mol. The highest BCUT2D eigenvalue weighted by Crippen LogP contribution is 2.47. The molecule has 116 valence electrons. The number of hydrogen-bond donors (Lipinski definition) is 0. The SMILES string of the molecule is CN(C)CCC1(c2ccc(-c3ccccc3)cc2F)CCC1. The zero-order valence-corrected chi connectivity index (χ0v) is 13.5. The third-order valence-corrected chi connectivity index (χ3v) is 5.00. The molecule has 0 bridgehead atoms. The van der Waals surface area contributed by atoms with Crippen molar-refractivity contribution in [3.63, 3.8) is 0 Å². The molecule has 0 aliphatic heterocycles. The van der Waals surface area contributed by atoms with E-state index in [0.717, 1.165) is 42.5 Å². The molecule has 1 fully saturated rings.